The number of anilines is 2. The number of hydrogen-bond donors (Lipinski definition) is 2. The maximum absolute atomic E-state index is 12.5. The summed E-state index contributed by atoms with van der Waals surface area (Å²) in [6, 6.07) is 17.6. The van der Waals surface area contributed by atoms with Crippen LogP contribution in [0.2, 0.25) is 0 Å². The van der Waals surface area contributed by atoms with E-state index in [1.54, 1.807) is 0 Å². The Labute approximate surface area is 192 Å². The summed E-state index contributed by atoms with van der Waals surface area (Å²) in [5.41, 5.74) is 3.71. The van der Waals surface area contributed by atoms with Gasteiger partial charge >= 0.3 is 0 Å². The number of rotatable bonds is 8. The number of thiazole rings is 1. The normalized spacial score (nSPS) is 14.2. The van der Waals surface area contributed by atoms with E-state index in [2.05, 4.69) is 26.6 Å². The maximum atomic E-state index is 12.5. The van der Waals surface area contributed by atoms with Crippen molar-refractivity contribution in [3.63, 3.8) is 0 Å². The highest BCUT2D eigenvalue weighted by molar-refractivity contribution is 7.13. The minimum atomic E-state index is -0.267. The van der Waals surface area contributed by atoms with Crippen LogP contribution in [0.1, 0.15) is 31.9 Å². The Morgan fingerprint density at radius 2 is 1.84 bits per heavy atom. The minimum absolute atomic E-state index is 0.114. The highest BCUT2D eigenvalue weighted by Gasteiger charge is 2.16. The van der Waals surface area contributed by atoms with Crippen molar-refractivity contribution >= 4 is 34.5 Å². The first-order valence-corrected chi connectivity index (χ1v) is 11.9. The van der Waals surface area contributed by atoms with Gasteiger partial charge in [0.15, 0.2) is 0 Å². The number of nitrogens with zero attached hydrogens (tertiary/aromatic N) is 2. The number of aromatic nitrogens is 1. The molecule has 3 aromatic rings. The molecule has 166 valence electrons. The van der Waals surface area contributed by atoms with Crippen LogP contribution in [0.15, 0.2) is 60.0 Å². The highest BCUT2D eigenvalue weighted by atomic mass is 32.1. The summed E-state index contributed by atoms with van der Waals surface area (Å²) in [5, 5.41) is 8.67. The Morgan fingerprint density at radius 3 is 2.62 bits per heavy atom. The summed E-state index contributed by atoms with van der Waals surface area (Å²) in [7, 11) is 0. The minimum Gasteiger partial charge on any atom is -0.371 e. The van der Waals surface area contributed by atoms with Crippen LogP contribution in [-0.2, 0) is 16.0 Å². The fraction of sp³-hybridized carbons (Fsp3) is 0.320. The van der Waals surface area contributed by atoms with Crippen molar-refractivity contribution in [3.8, 4) is 10.6 Å². The number of carbonyl (C=O) groups excluding carboxylic acids is 2. The van der Waals surface area contributed by atoms with Crippen molar-refractivity contribution < 1.29 is 9.59 Å². The fourth-order valence-corrected chi connectivity index (χ4v) is 4.71. The van der Waals surface area contributed by atoms with Gasteiger partial charge in [0, 0.05) is 47.9 Å². The third kappa shape index (κ3) is 5.95. The van der Waals surface area contributed by atoms with Gasteiger partial charge < -0.3 is 15.5 Å². The Hall–Kier alpha value is -3.19. The SMILES string of the molecule is CC(CC(=O)Nc1cccc(N2CCCC2)c1)NC(=O)Cc1csc(-c2ccccc2)n1. The van der Waals surface area contributed by atoms with Gasteiger partial charge in [-0.2, -0.15) is 0 Å². The molecule has 0 bridgehead atoms. The molecule has 1 saturated heterocycles. The lowest BCUT2D eigenvalue weighted by Gasteiger charge is -2.19. The van der Waals surface area contributed by atoms with E-state index in [0.29, 0.717) is 0 Å². The molecule has 6 nitrogen and oxygen atoms in total. The molecule has 2 heterocycles. The first kappa shape index (κ1) is 22.0. The highest BCUT2D eigenvalue weighted by Crippen LogP contribution is 2.24. The Kier molecular flexibility index (Phi) is 7.17. The summed E-state index contributed by atoms with van der Waals surface area (Å²) >= 11 is 1.53. The summed E-state index contributed by atoms with van der Waals surface area (Å²) in [5.74, 6) is -0.248. The van der Waals surface area contributed by atoms with Gasteiger partial charge in [-0.25, -0.2) is 4.98 Å². The number of nitrogens with one attached hydrogen (secondary N) is 2. The number of benzene rings is 2. The average Bonchev–Trinajstić information content (AvgIpc) is 3.47. The molecule has 2 aromatic carbocycles. The maximum Gasteiger partial charge on any atom is 0.226 e. The number of amides is 2. The molecule has 1 unspecified atom stereocenters. The van der Waals surface area contributed by atoms with Gasteiger partial charge in [-0.05, 0) is 38.0 Å². The summed E-state index contributed by atoms with van der Waals surface area (Å²) in [6.45, 7) is 3.97. The average molecular weight is 449 g/mol. The molecule has 4 rings (SSSR count). The van der Waals surface area contributed by atoms with Gasteiger partial charge in [0.2, 0.25) is 11.8 Å². The van der Waals surface area contributed by atoms with E-state index in [0.717, 1.165) is 40.7 Å². The van der Waals surface area contributed by atoms with Gasteiger partial charge in [-0.1, -0.05) is 36.4 Å². The molecule has 1 aromatic heterocycles. The first-order valence-electron chi connectivity index (χ1n) is 11.0. The molecular weight excluding hydrogens is 420 g/mol. The topological polar surface area (TPSA) is 74.3 Å². The third-order valence-electron chi connectivity index (χ3n) is 5.41. The zero-order valence-electron chi connectivity index (χ0n) is 18.2. The molecule has 0 aliphatic carbocycles. The molecule has 0 saturated carbocycles. The second kappa shape index (κ2) is 10.4. The van der Waals surface area contributed by atoms with E-state index >= 15 is 0 Å². The lowest BCUT2D eigenvalue weighted by molar-refractivity contribution is -0.121. The molecule has 2 N–H and O–H groups in total. The molecule has 7 heteroatoms. The van der Waals surface area contributed by atoms with E-state index < -0.39 is 0 Å². The van der Waals surface area contributed by atoms with Crippen LogP contribution in [0.5, 0.6) is 0 Å². The Bertz CT molecular complexity index is 1060. The van der Waals surface area contributed by atoms with Gasteiger partial charge in [0.05, 0.1) is 12.1 Å². The van der Waals surface area contributed by atoms with Gasteiger partial charge in [-0.3, -0.25) is 9.59 Å². The molecule has 1 aliphatic heterocycles. The van der Waals surface area contributed by atoms with Crippen LogP contribution in [0, 0.1) is 0 Å². The zero-order chi connectivity index (χ0) is 22.3. The van der Waals surface area contributed by atoms with Gasteiger partial charge in [0.25, 0.3) is 0 Å². The first-order chi connectivity index (χ1) is 15.6. The lowest BCUT2D eigenvalue weighted by atomic mass is 10.2. The summed E-state index contributed by atoms with van der Waals surface area (Å²) in [6.07, 6.45) is 2.84. The smallest absolute Gasteiger partial charge is 0.226 e. The fourth-order valence-electron chi connectivity index (χ4n) is 3.89. The predicted octanol–water partition coefficient (Wildman–Crippen LogP) is 4.49. The Balaban J connectivity index is 1.25. The van der Waals surface area contributed by atoms with Crippen LogP contribution in [0.4, 0.5) is 11.4 Å². The van der Waals surface area contributed by atoms with E-state index in [4.69, 9.17) is 0 Å². The van der Waals surface area contributed by atoms with Crippen molar-refractivity contribution in [1.82, 2.24) is 10.3 Å². The zero-order valence-corrected chi connectivity index (χ0v) is 19.0. The molecule has 1 atom stereocenters. The predicted molar refractivity (Wildman–Crippen MR) is 130 cm³/mol. The monoisotopic (exact) mass is 448 g/mol. The molecule has 0 radical (unpaired) electrons. The third-order valence-corrected chi connectivity index (χ3v) is 6.35. The largest absolute Gasteiger partial charge is 0.371 e. The molecule has 1 aliphatic rings. The summed E-state index contributed by atoms with van der Waals surface area (Å²) in [4.78, 5) is 31.8. The molecular formula is C25H28N4O2S. The molecule has 2 amide bonds. The van der Waals surface area contributed by atoms with Crippen molar-refractivity contribution in [2.45, 2.75) is 38.6 Å². The van der Waals surface area contributed by atoms with Crippen molar-refractivity contribution in [2.75, 3.05) is 23.3 Å². The second-order valence-corrected chi connectivity index (χ2v) is 9.01. The van der Waals surface area contributed by atoms with Crippen molar-refractivity contribution in [3.05, 3.63) is 65.7 Å². The van der Waals surface area contributed by atoms with Gasteiger partial charge in [0.1, 0.15) is 5.01 Å². The van der Waals surface area contributed by atoms with E-state index in [1.807, 2.05) is 60.8 Å². The molecule has 0 spiro atoms. The molecule has 1 fully saturated rings. The standard InChI is InChI=1S/C25H28N4O2S/c1-18(14-23(30)27-20-10-7-11-22(15-20)29-12-5-6-13-29)26-24(31)16-21-17-32-25(28-21)19-8-3-2-4-9-19/h2-4,7-11,15,17-18H,5-6,12-14,16H2,1H3,(H,26,31)(H,27,30). The van der Waals surface area contributed by atoms with E-state index in [1.165, 1.54) is 24.2 Å². The van der Waals surface area contributed by atoms with Crippen LogP contribution in [0.3, 0.4) is 0 Å². The van der Waals surface area contributed by atoms with Crippen LogP contribution in [0.25, 0.3) is 10.6 Å². The van der Waals surface area contributed by atoms with Crippen molar-refractivity contribution in [1.29, 1.82) is 0 Å². The number of carbonyl (C=O) groups is 2. The van der Waals surface area contributed by atoms with E-state index in [9.17, 15) is 9.59 Å². The van der Waals surface area contributed by atoms with Crippen LogP contribution in [-0.4, -0.2) is 35.9 Å². The quantitative estimate of drug-likeness (QED) is 0.533. The summed E-state index contributed by atoms with van der Waals surface area (Å²) < 4.78 is 0. The molecule has 32 heavy (non-hydrogen) atoms. The second-order valence-electron chi connectivity index (χ2n) is 8.15. The Morgan fingerprint density at radius 1 is 1.06 bits per heavy atom. The van der Waals surface area contributed by atoms with Crippen LogP contribution < -0.4 is 15.5 Å². The number of hydrogen-bond acceptors (Lipinski definition) is 5. The van der Waals surface area contributed by atoms with Crippen LogP contribution >= 0.6 is 11.3 Å². The van der Waals surface area contributed by atoms with Gasteiger partial charge in [-0.15, -0.1) is 11.3 Å². The lowest BCUT2D eigenvalue weighted by Crippen LogP contribution is -2.36. The van der Waals surface area contributed by atoms with Crippen molar-refractivity contribution in [2.24, 2.45) is 0 Å². The van der Waals surface area contributed by atoms with E-state index in [-0.39, 0.29) is 30.7 Å².